The molecule has 0 saturated carbocycles. The SMILES string of the molecule is COc1cc(NC(=N)c2ccccn2)ccc1-c1ccc(-c2ccc(C(=O)N[C@@H](Cn3ccnc3)c3ccc(Cl)cc3Cl)cc2)o1. The molecule has 3 aromatic carbocycles. The van der Waals surface area contributed by atoms with Crippen molar-refractivity contribution in [3.8, 4) is 28.4 Å². The normalized spacial score (nSPS) is 11.5. The molecule has 230 valence electrons. The number of amides is 1. The molecular formula is C35H28Cl2N6O3. The van der Waals surface area contributed by atoms with Crippen LogP contribution < -0.4 is 15.4 Å². The summed E-state index contributed by atoms with van der Waals surface area (Å²) in [6.07, 6.45) is 6.84. The lowest BCUT2D eigenvalue weighted by atomic mass is 10.0. The van der Waals surface area contributed by atoms with E-state index in [-0.39, 0.29) is 11.7 Å². The summed E-state index contributed by atoms with van der Waals surface area (Å²) in [5.41, 5.74) is 4.01. The molecule has 0 bridgehead atoms. The summed E-state index contributed by atoms with van der Waals surface area (Å²) in [5.74, 6) is 1.75. The molecule has 11 heteroatoms. The van der Waals surface area contributed by atoms with Gasteiger partial charge in [-0.05, 0) is 66.2 Å². The van der Waals surface area contributed by atoms with Gasteiger partial charge < -0.3 is 24.4 Å². The maximum absolute atomic E-state index is 13.4. The van der Waals surface area contributed by atoms with Crippen molar-refractivity contribution in [1.29, 1.82) is 5.41 Å². The zero-order valence-electron chi connectivity index (χ0n) is 24.6. The van der Waals surface area contributed by atoms with Gasteiger partial charge in [-0.2, -0.15) is 0 Å². The Morgan fingerprint density at radius 3 is 2.52 bits per heavy atom. The number of hydrogen-bond donors (Lipinski definition) is 3. The molecule has 0 spiro atoms. The molecule has 6 aromatic rings. The summed E-state index contributed by atoms with van der Waals surface area (Å²) in [4.78, 5) is 21.7. The van der Waals surface area contributed by atoms with Crippen LogP contribution in [0.2, 0.25) is 10.0 Å². The van der Waals surface area contributed by atoms with Gasteiger partial charge in [-0.1, -0.05) is 47.5 Å². The Morgan fingerprint density at radius 1 is 0.978 bits per heavy atom. The van der Waals surface area contributed by atoms with Crippen molar-refractivity contribution in [3.63, 3.8) is 0 Å². The smallest absolute Gasteiger partial charge is 0.251 e. The molecule has 0 fully saturated rings. The average Bonchev–Trinajstić information content (AvgIpc) is 3.78. The third kappa shape index (κ3) is 6.96. The predicted octanol–water partition coefficient (Wildman–Crippen LogP) is 8.13. The summed E-state index contributed by atoms with van der Waals surface area (Å²) >= 11 is 12.6. The first-order valence-corrected chi connectivity index (χ1v) is 15.0. The monoisotopic (exact) mass is 650 g/mol. The lowest BCUT2D eigenvalue weighted by Gasteiger charge is -2.21. The molecular weight excluding hydrogens is 623 g/mol. The number of nitrogens with zero attached hydrogens (tertiary/aromatic N) is 3. The predicted molar refractivity (Wildman–Crippen MR) is 180 cm³/mol. The molecule has 3 N–H and O–H groups in total. The van der Waals surface area contributed by atoms with E-state index < -0.39 is 6.04 Å². The number of furan rings is 1. The van der Waals surface area contributed by atoms with Gasteiger partial charge in [-0.15, -0.1) is 0 Å². The minimum absolute atomic E-state index is 0.176. The lowest BCUT2D eigenvalue weighted by Crippen LogP contribution is -2.31. The van der Waals surface area contributed by atoms with Crippen LogP contribution in [0.4, 0.5) is 5.69 Å². The Labute approximate surface area is 275 Å². The molecule has 46 heavy (non-hydrogen) atoms. The number of imidazole rings is 1. The van der Waals surface area contributed by atoms with E-state index in [0.29, 0.717) is 50.8 Å². The van der Waals surface area contributed by atoms with Crippen LogP contribution in [0.25, 0.3) is 22.6 Å². The second kappa shape index (κ2) is 13.7. The molecule has 0 aliphatic rings. The van der Waals surface area contributed by atoms with Crippen molar-refractivity contribution in [3.05, 3.63) is 143 Å². The van der Waals surface area contributed by atoms with Crippen molar-refractivity contribution in [2.45, 2.75) is 12.6 Å². The molecule has 3 aromatic heterocycles. The summed E-state index contributed by atoms with van der Waals surface area (Å²) < 4.78 is 13.7. The molecule has 3 heterocycles. The summed E-state index contributed by atoms with van der Waals surface area (Å²) in [5, 5.41) is 15.4. The lowest BCUT2D eigenvalue weighted by molar-refractivity contribution is 0.0932. The number of rotatable bonds is 10. The highest BCUT2D eigenvalue weighted by Gasteiger charge is 2.20. The van der Waals surface area contributed by atoms with Gasteiger partial charge in [-0.3, -0.25) is 15.2 Å². The number of carbonyl (C=O) groups is 1. The molecule has 6 rings (SSSR count). The topological polar surface area (TPSA) is 118 Å². The van der Waals surface area contributed by atoms with Crippen LogP contribution in [-0.4, -0.2) is 33.4 Å². The van der Waals surface area contributed by atoms with Crippen molar-refractivity contribution in [2.24, 2.45) is 0 Å². The van der Waals surface area contributed by atoms with Crippen LogP contribution in [0.15, 0.2) is 120 Å². The number of hydrogen-bond acceptors (Lipinski definition) is 6. The van der Waals surface area contributed by atoms with Gasteiger partial charge in [0, 0.05) is 58.1 Å². The Balaban J connectivity index is 1.17. The first kappa shape index (κ1) is 30.6. The van der Waals surface area contributed by atoms with Crippen LogP contribution in [0.3, 0.4) is 0 Å². The van der Waals surface area contributed by atoms with E-state index in [2.05, 4.69) is 20.6 Å². The number of amidine groups is 1. The molecule has 0 aliphatic carbocycles. The summed E-state index contributed by atoms with van der Waals surface area (Å²) in [6, 6.07) is 26.7. The molecule has 0 saturated heterocycles. The summed E-state index contributed by atoms with van der Waals surface area (Å²) in [7, 11) is 1.58. The highest BCUT2D eigenvalue weighted by molar-refractivity contribution is 6.35. The minimum atomic E-state index is -0.420. The van der Waals surface area contributed by atoms with Crippen LogP contribution in [-0.2, 0) is 6.54 Å². The molecule has 1 amide bonds. The van der Waals surface area contributed by atoms with Gasteiger partial charge in [-0.25, -0.2) is 4.98 Å². The van der Waals surface area contributed by atoms with Gasteiger partial charge in [0.05, 0.1) is 25.0 Å². The minimum Gasteiger partial charge on any atom is -0.496 e. The van der Waals surface area contributed by atoms with Crippen LogP contribution >= 0.6 is 23.2 Å². The number of ether oxygens (including phenoxy) is 1. The highest BCUT2D eigenvalue weighted by atomic mass is 35.5. The second-order valence-electron chi connectivity index (χ2n) is 10.3. The largest absolute Gasteiger partial charge is 0.496 e. The molecule has 0 unspecified atom stereocenters. The summed E-state index contributed by atoms with van der Waals surface area (Å²) in [6.45, 7) is 0.438. The maximum Gasteiger partial charge on any atom is 0.251 e. The van der Waals surface area contributed by atoms with Crippen LogP contribution in [0.5, 0.6) is 5.75 Å². The fourth-order valence-electron chi connectivity index (χ4n) is 4.97. The molecule has 0 radical (unpaired) electrons. The number of methoxy groups -OCH3 is 1. The zero-order valence-corrected chi connectivity index (χ0v) is 26.1. The number of nitrogens with one attached hydrogen (secondary N) is 3. The van der Waals surface area contributed by atoms with Crippen molar-refractivity contribution >= 4 is 40.6 Å². The maximum atomic E-state index is 13.4. The van der Waals surface area contributed by atoms with E-state index in [9.17, 15) is 4.79 Å². The van der Waals surface area contributed by atoms with Crippen molar-refractivity contribution in [1.82, 2.24) is 19.9 Å². The fourth-order valence-corrected chi connectivity index (χ4v) is 5.51. The highest BCUT2D eigenvalue weighted by Crippen LogP contribution is 2.36. The molecule has 0 aliphatic heterocycles. The number of anilines is 1. The third-order valence-electron chi connectivity index (χ3n) is 7.29. The third-order valence-corrected chi connectivity index (χ3v) is 7.85. The van der Waals surface area contributed by atoms with E-state index >= 15 is 0 Å². The Hall–Kier alpha value is -5.38. The molecule has 9 nitrogen and oxygen atoms in total. The number of carbonyl (C=O) groups excluding carboxylic acids is 1. The molecule has 1 atom stereocenters. The van der Waals surface area contributed by atoms with Gasteiger partial charge in [0.2, 0.25) is 0 Å². The van der Waals surface area contributed by atoms with Crippen molar-refractivity contribution < 1.29 is 13.9 Å². The van der Waals surface area contributed by atoms with Crippen molar-refractivity contribution in [2.75, 3.05) is 12.4 Å². The van der Waals surface area contributed by atoms with Gasteiger partial charge >= 0.3 is 0 Å². The Bertz CT molecular complexity index is 1980. The number of aromatic nitrogens is 3. The standard InChI is InChI=1S/C35H28Cl2N6O3/c1-45-33-19-25(41-34(38)29-4-2-3-15-40-29)10-12-27(33)32-14-13-31(46-32)22-5-7-23(8-6-22)35(44)42-30(20-43-17-16-39-21-43)26-11-9-24(36)18-28(26)37/h2-19,21,30H,20H2,1H3,(H2,38,41)(H,42,44)/t30-/m0/s1. The Morgan fingerprint density at radius 2 is 1.80 bits per heavy atom. The number of benzene rings is 3. The first-order valence-electron chi connectivity index (χ1n) is 14.2. The number of halogens is 2. The first-order chi connectivity index (χ1) is 22.4. The average molecular weight is 652 g/mol. The Kier molecular flexibility index (Phi) is 9.14. The number of pyridine rings is 1. The van der Waals surface area contributed by atoms with Gasteiger partial charge in [0.1, 0.15) is 28.8 Å². The zero-order chi connectivity index (χ0) is 32.0. The quantitative estimate of drug-likeness (QED) is 0.102. The van der Waals surface area contributed by atoms with E-state index in [1.165, 1.54) is 0 Å². The van der Waals surface area contributed by atoms with Crippen LogP contribution in [0, 0.1) is 5.41 Å². The van der Waals surface area contributed by atoms with E-state index in [1.807, 2.05) is 59.3 Å². The van der Waals surface area contributed by atoms with E-state index in [0.717, 1.165) is 16.7 Å². The van der Waals surface area contributed by atoms with Gasteiger partial charge in [0.25, 0.3) is 5.91 Å². The fraction of sp³-hybridized carbons (Fsp3) is 0.0857. The second-order valence-corrected chi connectivity index (χ2v) is 11.2. The van der Waals surface area contributed by atoms with Gasteiger partial charge in [0.15, 0.2) is 0 Å². The van der Waals surface area contributed by atoms with E-state index in [4.69, 9.17) is 37.8 Å². The van der Waals surface area contributed by atoms with E-state index in [1.54, 1.807) is 68.3 Å². The van der Waals surface area contributed by atoms with Crippen LogP contribution in [0.1, 0.15) is 27.7 Å².